The predicted molar refractivity (Wildman–Crippen MR) is 122 cm³/mol. The first-order chi connectivity index (χ1) is 14.2. The summed E-state index contributed by atoms with van der Waals surface area (Å²) in [5.74, 6) is -0.217. The van der Waals surface area contributed by atoms with Gasteiger partial charge in [-0.15, -0.1) is 0 Å². The predicted octanol–water partition coefficient (Wildman–Crippen LogP) is 6.74. The van der Waals surface area contributed by atoms with Crippen LogP contribution in [0.15, 0.2) is 12.2 Å². The zero-order valence-electron chi connectivity index (χ0n) is 19.3. The summed E-state index contributed by atoms with van der Waals surface area (Å²) in [6.07, 6.45) is 22.3. The van der Waals surface area contributed by atoms with E-state index >= 15 is 0 Å². The Kier molecular flexibility index (Phi) is 22.7. The van der Waals surface area contributed by atoms with Crippen molar-refractivity contribution in [3.63, 3.8) is 0 Å². The van der Waals surface area contributed by atoms with Gasteiger partial charge in [0.05, 0.1) is 13.2 Å². The van der Waals surface area contributed by atoms with Crippen LogP contribution in [0.1, 0.15) is 117 Å². The average Bonchev–Trinajstić information content (AvgIpc) is 2.73. The zero-order chi connectivity index (χ0) is 21.4. The molecule has 0 bridgehead atoms. The van der Waals surface area contributed by atoms with E-state index in [0.29, 0.717) is 19.6 Å². The van der Waals surface area contributed by atoms with E-state index in [4.69, 9.17) is 9.47 Å². The molecule has 0 saturated heterocycles. The highest BCUT2D eigenvalue weighted by Crippen LogP contribution is 2.10. The Hall–Kier alpha value is -0.870. The second-order valence-corrected chi connectivity index (χ2v) is 8.06. The quantitative estimate of drug-likeness (QED) is 0.121. The van der Waals surface area contributed by atoms with Crippen LogP contribution in [-0.4, -0.2) is 37.0 Å². The highest BCUT2D eigenvalue weighted by atomic mass is 16.6. The molecule has 172 valence electrons. The minimum absolute atomic E-state index is 0.172. The van der Waals surface area contributed by atoms with Gasteiger partial charge in [-0.2, -0.15) is 0 Å². The molecule has 0 fully saturated rings. The molecule has 0 aromatic rings. The summed E-state index contributed by atoms with van der Waals surface area (Å²) < 4.78 is 10.9. The van der Waals surface area contributed by atoms with E-state index in [0.717, 1.165) is 19.3 Å². The number of aliphatic hydroxyl groups is 1. The van der Waals surface area contributed by atoms with Crippen molar-refractivity contribution in [2.45, 2.75) is 123 Å². The SMILES string of the molecule is CCC/C=C\CCCCCCCC(=O)OC(CO)COCCCCCCCCC. The average molecular weight is 413 g/mol. The van der Waals surface area contributed by atoms with Crippen LogP contribution in [0.3, 0.4) is 0 Å². The number of carbonyl (C=O) groups is 1. The molecule has 4 heteroatoms. The number of aliphatic hydroxyl groups excluding tert-OH is 1. The van der Waals surface area contributed by atoms with Crippen LogP contribution in [0, 0.1) is 0 Å². The second kappa shape index (κ2) is 23.4. The molecule has 1 N–H and O–H groups in total. The minimum Gasteiger partial charge on any atom is -0.457 e. The number of carbonyl (C=O) groups excluding carboxylic acids is 1. The van der Waals surface area contributed by atoms with Crippen LogP contribution in [-0.2, 0) is 14.3 Å². The summed E-state index contributed by atoms with van der Waals surface area (Å²) in [7, 11) is 0. The van der Waals surface area contributed by atoms with E-state index < -0.39 is 6.10 Å². The lowest BCUT2D eigenvalue weighted by Crippen LogP contribution is -2.27. The molecule has 0 aromatic heterocycles. The number of hydrogen-bond donors (Lipinski definition) is 1. The number of ether oxygens (including phenoxy) is 2. The first-order valence-electron chi connectivity index (χ1n) is 12.3. The highest BCUT2D eigenvalue weighted by Gasteiger charge is 2.13. The molecule has 0 heterocycles. The van der Waals surface area contributed by atoms with Crippen molar-refractivity contribution in [3.8, 4) is 0 Å². The molecule has 0 aromatic carbocycles. The van der Waals surface area contributed by atoms with E-state index in [-0.39, 0.29) is 12.6 Å². The second-order valence-electron chi connectivity index (χ2n) is 8.06. The Labute approximate surface area is 180 Å². The lowest BCUT2D eigenvalue weighted by atomic mass is 10.1. The van der Waals surface area contributed by atoms with Crippen molar-refractivity contribution in [2.24, 2.45) is 0 Å². The molecule has 0 saturated carbocycles. The van der Waals surface area contributed by atoms with Gasteiger partial charge >= 0.3 is 5.97 Å². The first-order valence-corrected chi connectivity index (χ1v) is 12.3. The van der Waals surface area contributed by atoms with Crippen molar-refractivity contribution in [1.82, 2.24) is 0 Å². The monoisotopic (exact) mass is 412 g/mol. The Bertz CT molecular complexity index is 368. The molecule has 1 unspecified atom stereocenters. The number of esters is 1. The zero-order valence-corrected chi connectivity index (χ0v) is 19.3. The molecule has 0 radical (unpaired) electrons. The van der Waals surface area contributed by atoms with Gasteiger partial charge in [0.15, 0.2) is 0 Å². The van der Waals surface area contributed by atoms with Gasteiger partial charge in [0.2, 0.25) is 0 Å². The maximum absolute atomic E-state index is 11.9. The summed E-state index contributed by atoms with van der Waals surface area (Å²) in [6.45, 7) is 5.23. The van der Waals surface area contributed by atoms with Gasteiger partial charge < -0.3 is 14.6 Å². The van der Waals surface area contributed by atoms with E-state index in [1.165, 1.54) is 77.0 Å². The van der Waals surface area contributed by atoms with Crippen molar-refractivity contribution in [2.75, 3.05) is 19.8 Å². The van der Waals surface area contributed by atoms with E-state index in [1.807, 2.05) is 0 Å². The molecule has 0 aliphatic heterocycles. The molecule has 1 atom stereocenters. The van der Waals surface area contributed by atoms with Crippen LogP contribution in [0.2, 0.25) is 0 Å². The Morgan fingerprint density at radius 1 is 0.793 bits per heavy atom. The lowest BCUT2D eigenvalue weighted by molar-refractivity contribution is -0.154. The van der Waals surface area contributed by atoms with E-state index in [2.05, 4.69) is 26.0 Å². The number of allylic oxidation sites excluding steroid dienone is 2. The van der Waals surface area contributed by atoms with Crippen LogP contribution in [0.4, 0.5) is 0 Å². The lowest BCUT2D eigenvalue weighted by Gasteiger charge is -2.15. The van der Waals surface area contributed by atoms with Gasteiger partial charge in [0.25, 0.3) is 0 Å². The maximum atomic E-state index is 11.9. The summed E-state index contributed by atoms with van der Waals surface area (Å²) in [6, 6.07) is 0. The summed E-state index contributed by atoms with van der Waals surface area (Å²) >= 11 is 0. The standard InChI is InChI=1S/C25H48O4/c1-3-5-7-9-11-12-13-14-16-18-20-25(27)29-24(22-26)23-28-21-19-17-15-10-8-6-4-2/h7,9,24,26H,3-6,8,10-23H2,1-2H3/b9-7-. The highest BCUT2D eigenvalue weighted by molar-refractivity contribution is 5.69. The molecule has 0 rings (SSSR count). The third-order valence-electron chi connectivity index (χ3n) is 5.07. The van der Waals surface area contributed by atoms with Crippen LogP contribution < -0.4 is 0 Å². The number of unbranched alkanes of at least 4 members (excludes halogenated alkanes) is 12. The third-order valence-corrected chi connectivity index (χ3v) is 5.07. The summed E-state index contributed by atoms with van der Waals surface area (Å²) in [4.78, 5) is 11.9. The van der Waals surface area contributed by atoms with Crippen LogP contribution in [0.25, 0.3) is 0 Å². The van der Waals surface area contributed by atoms with Crippen LogP contribution >= 0.6 is 0 Å². The minimum atomic E-state index is -0.526. The topological polar surface area (TPSA) is 55.8 Å². The third kappa shape index (κ3) is 21.7. The van der Waals surface area contributed by atoms with Crippen molar-refractivity contribution < 1.29 is 19.4 Å². The smallest absolute Gasteiger partial charge is 0.306 e. The Morgan fingerprint density at radius 2 is 1.41 bits per heavy atom. The molecular weight excluding hydrogens is 364 g/mol. The Morgan fingerprint density at radius 3 is 2.10 bits per heavy atom. The molecule has 0 spiro atoms. The fourth-order valence-corrected chi connectivity index (χ4v) is 3.21. The summed E-state index contributed by atoms with van der Waals surface area (Å²) in [5, 5.41) is 9.38. The van der Waals surface area contributed by atoms with Gasteiger partial charge in [-0.3, -0.25) is 4.79 Å². The van der Waals surface area contributed by atoms with Crippen LogP contribution in [0.5, 0.6) is 0 Å². The number of hydrogen-bond acceptors (Lipinski definition) is 4. The molecule has 0 aliphatic rings. The number of rotatable bonds is 22. The van der Waals surface area contributed by atoms with Crippen molar-refractivity contribution in [3.05, 3.63) is 12.2 Å². The molecule has 0 amide bonds. The molecule has 29 heavy (non-hydrogen) atoms. The largest absolute Gasteiger partial charge is 0.457 e. The fourth-order valence-electron chi connectivity index (χ4n) is 3.21. The van der Waals surface area contributed by atoms with Crippen molar-refractivity contribution in [1.29, 1.82) is 0 Å². The fraction of sp³-hybridized carbons (Fsp3) is 0.880. The van der Waals surface area contributed by atoms with Gasteiger partial charge in [0.1, 0.15) is 6.10 Å². The first kappa shape index (κ1) is 28.1. The van der Waals surface area contributed by atoms with Gasteiger partial charge in [0, 0.05) is 13.0 Å². The summed E-state index contributed by atoms with van der Waals surface area (Å²) in [5.41, 5.74) is 0. The van der Waals surface area contributed by atoms with E-state index in [9.17, 15) is 9.90 Å². The van der Waals surface area contributed by atoms with Gasteiger partial charge in [-0.05, 0) is 32.1 Å². The normalized spacial score (nSPS) is 12.5. The Balaban J connectivity index is 3.50. The molecule has 0 aliphatic carbocycles. The molecule has 4 nitrogen and oxygen atoms in total. The van der Waals surface area contributed by atoms with Gasteiger partial charge in [-0.25, -0.2) is 0 Å². The van der Waals surface area contributed by atoms with Crippen molar-refractivity contribution >= 4 is 5.97 Å². The van der Waals surface area contributed by atoms with E-state index in [1.54, 1.807) is 0 Å². The molecular formula is C25H48O4. The maximum Gasteiger partial charge on any atom is 0.306 e. The van der Waals surface area contributed by atoms with Gasteiger partial charge in [-0.1, -0.05) is 90.2 Å².